The second-order valence-corrected chi connectivity index (χ2v) is 5.90. The first-order valence-electron chi connectivity index (χ1n) is 7.82. The van der Waals surface area contributed by atoms with Gasteiger partial charge in [0.25, 0.3) is 0 Å². The number of ether oxygens (including phenoxy) is 2. The van der Waals surface area contributed by atoms with Gasteiger partial charge in [-0.15, -0.1) is 0 Å². The van der Waals surface area contributed by atoms with Gasteiger partial charge in [-0.05, 0) is 38.1 Å². The molecule has 2 aliphatic heterocycles. The Balaban J connectivity index is 1.45. The molecule has 0 spiro atoms. The van der Waals surface area contributed by atoms with Gasteiger partial charge in [-0.2, -0.15) is 0 Å². The molecule has 0 saturated carbocycles. The maximum absolute atomic E-state index is 13.5. The Kier molecular flexibility index (Phi) is 5.20. The van der Waals surface area contributed by atoms with E-state index in [0.717, 1.165) is 38.1 Å². The van der Waals surface area contributed by atoms with Crippen LogP contribution in [0.15, 0.2) is 18.2 Å². The molecule has 2 heterocycles. The Labute approximate surface area is 133 Å². The van der Waals surface area contributed by atoms with Gasteiger partial charge in [-0.25, -0.2) is 8.78 Å². The van der Waals surface area contributed by atoms with Crippen molar-refractivity contribution in [1.82, 2.24) is 4.90 Å². The van der Waals surface area contributed by atoms with E-state index in [1.165, 1.54) is 6.07 Å². The number of amides is 1. The number of piperidine rings is 1. The highest BCUT2D eigenvalue weighted by molar-refractivity contribution is 5.92. The number of rotatable bonds is 4. The number of anilines is 1. The van der Waals surface area contributed by atoms with Crippen LogP contribution in [0, 0.1) is 17.6 Å². The molecule has 7 heteroatoms. The first-order chi connectivity index (χ1) is 11.1. The predicted octanol–water partition coefficient (Wildman–Crippen LogP) is 1.99. The van der Waals surface area contributed by atoms with Crippen LogP contribution >= 0.6 is 0 Å². The van der Waals surface area contributed by atoms with Gasteiger partial charge < -0.3 is 14.8 Å². The van der Waals surface area contributed by atoms with Crippen LogP contribution < -0.4 is 5.32 Å². The van der Waals surface area contributed by atoms with Crippen LogP contribution in [0.2, 0.25) is 0 Å². The SMILES string of the molecule is O=C(CN1CCC(C2OCCO2)CC1)Nc1ccc(F)cc1F. The summed E-state index contributed by atoms with van der Waals surface area (Å²) in [6, 6.07) is 3.10. The normalized spacial score (nSPS) is 20.8. The summed E-state index contributed by atoms with van der Waals surface area (Å²) in [5.74, 6) is -1.37. The van der Waals surface area contributed by atoms with Gasteiger partial charge in [-0.1, -0.05) is 0 Å². The van der Waals surface area contributed by atoms with Crippen LogP contribution in [0.3, 0.4) is 0 Å². The monoisotopic (exact) mass is 326 g/mol. The number of likely N-dealkylation sites (tertiary alicyclic amines) is 1. The second-order valence-electron chi connectivity index (χ2n) is 5.90. The van der Waals surface area contributed by atoms with Crippen molar-refractivity contribution in [3.05, 3.63) is 29.8 Å². The van der Waals surface area contributed by atoms with Crippen LogP contribution in [0.4, 0.5) is 14.5 Å². The molecule has 5 nitrogen and oxygen atoms in total. The maximum atomic E-state index is 13.5. The van der Waals surface area contributed by atoms with Crippen molar-refractivity contribution in [2.24, 2.45) is 5.92 Å². The molecule has 0 aliphatic carbocycles. The lowest BCUT2D eigenvalue weighted by atomic mass is 9.96. The molecule has 0 radical (unpaired) electrons. The highest BCUT2D eigenvalue weighted by Crippen LogP contribution is 2.25. The van der Waals surface area contributed by atoms with Crippen molar-refractivity contribution < 1.29 is 23.0 Å². The van der Waals surface area contributed by atoms with Crippen molar-refractivity contribution >= 4 is 11.6 Å². The molecule has 0 atom stereocenters. The summed E-state index contributed by atoms with van der Waals surface area (Å²) in [6.45, 7) is 3.03. The molecule has 126 valence electrons. The van der Waals surface area contributed by atoms with Crippen molar-refractivity contribution in [3.8, 4) is 0 Å². The fourth-order valence-corrected chi connectivity index (χ4v) is 3.02. The summed E-state index contributed by atoms with van der Waals surface area (Å²) in [5.41, 5.74) is -0.000887. The van der Waals surface area contributed by atoms with E-state index in [2.05, 4.69) is 5.32 Å². The van der Waals surface area contributed by atoms with Gasteiger partial charge in [0.1, 0.15) is 11.6 Å². The first kappa shape index (κ1) is 16.3. The number of hydrogen-bond donors (Lipinski definition) is 1. The molecule has 0 aromatic heterocycles. The van der Waals surface area contributed by atoms with Gasteiger partial charge in [0, 0.05) is 12.0 Å². The Bertz CT molecular complexity index is 556. The molecule has 1 aromatic rings. The summed E-state index contributed by atoms with van der Waals surface area (Å²) < 4.78 is 37.4. The third-order valence-electron chi connectivity index (χ3n) is 4.24. The Morgan fingerprint density at radius 3 is 2.57 bits per heavy atom. The van der Waals surface area contributed by atoms with E-state index in [9.17, 15) is 13.6 Å². The van der Waals surface area contributed by atoms with Gasteiger partial charge in [0.2, 0.25) is 5.91 Å². The Morgan fingerprint density at radius 1 is 1.22 bits per heavy atom. The zero-order valence-corrected chi connectivity index (χ0v) is 12.8. The average molecular weight is 326 g/mol. The summed E-state index contributed by atoms with van der Waals surface area (Å²) in [5, 5.41) is 2.48. The molecule has 0 bridgehead atoms. The molecule has 23 heavy (non-hydrogen) atoms. The Morgan fingerprint density at radius 2 is 1.91 bits per heavy atom. The van der Waals surface area contributed by atoms with E-state index >= 15 is 0 Å². The van der Waals surface area contributed by atoms with Crippen LogP contribution in [0.1, 0.15) is 12.8 Å². The smallest absolute Gasteiger partial charge is 0.238 e. The summed E-state index contributed by atoms with van der Waals surface area (Å²) in [7, 11) is 0. The summed E-state index contributed by atoms with van der Waals surface area (Å²) in [6.07, 6.45) is 1.70. The minimum absolute atomic E-state index is 0.000887. The number of carbonyl (C=O) groups excluding carboxylic acids is 1. The van der Waals surface area contributed by atoms with E-state index in [0.29, 0.717) is 19.1 Å². The van der Waals surface area contributed by atoms with E-state index in [1.54, 1.807) is 0 Å². The number of nitrogens with one attached hydrogen (secondary N) is 1. The zero-order valence-electron chi connectivity index (χ0n) is 12.8. The van der Waals surface area contributed by atoms with Crippen LogP contribution in [-0.2, 0) is 14.3 Å². The molecule has 1 aromatic carbocycles. The highest BCUT2D eigenvalue weighted by Gasteiger charge is 2.30. The van der Waals surface area contributed by atoms with Gasteiger partial charge in [-0.3, -0.25) is 9.69 Å². The van der Waals surface area contributed by atoms with E-state index in [-0.39, 0.29) is 24.4 Å². The minimum atomic E-state index is -0.771. The summed E-state index contributed by atoms with van der Waals surface area (Å²) >= 11 is 0. The lowest BCUT2D eigenvalue weighted by Crippen LogP contribution is -2.41. The van der Waals surface area contributed by atoms with Crippen LogP contribution in [0.5, 0.6) is 0 Å². The first-order valence-corrected chi connectivity index (χ1v) is 7.82. The van der Waals surface area contributed by atoms with Gasteiger partial charge in [0.15, 0.2) is 6.29 Å². The number of halogens is 2. The zero-order chi connectivity index (χ0) is 16.2. The van der Waals surface area contributed by atoms with Crippen LogP contribution in [-0.4, -0.2) is 49.9 Å². The predicted molar refractivity (Wildman–Crippen MR) is 79.8 cm³/mol. The van der Waals surface area contributed by atoms with Crippen molar-refractivity contribution in [3.63, 3.8) is 0 Å². The fourth-order valence-electron chi connectivity index (χ4n) is 3.02. The van der Waals surface area contributed by atoms with Crippen molar-refractivity contribution in [2.75, 3.05) is 38.2 Å². The molecule has 2 aliphatic rings. The van der Waals surface area contributed by atoms with Gasteiger partial charge >= 0.3 is 0 Å². The lowest BCUT2D eigenvalue weighted by Gasteiger charge is -2.33. The second kappa shape index (κ2) is 7.33. The van der Waals surface area contributed by atoms with Gasteiger partial charge in [0.05, 0.1) is 25.4 Å². The van der Waals surface area contributed by atoms with E-state index < -0.39 is 11.6 Å². The van der Waals surface area contributed by atoms with Crippen molar-refractivity contribution in [2.45, 2.75) is 19.1 Å². The molecular formula is C16H20F2N2O3. The standard InChI is InChI=1S/C16H20F2N2O3/c17-12-1-2-14(13(18)9-12)19-15(21)10-20-5-3-11(4-6-20)16-22-7-8-23-16/h1-2,9,11,16H,3-8,10H2,(H,19,21). The van der Waals surface area contributed by atoms with E-state index in [1.807, 2.05) is 4.90 Å². The van der Waals surface area contributed by atoms with Crippen molar-refractivity contribution in [1.29, 1.82) is 0 Å². The topological polar surface area (TPSA) is 50.8 Å². The molecule has 0 unspecified atom stereocenters. The average Bonchev–Trinajstić information content (AvgIpc) is 3.05. The number of benzene rings is 1. The summed E-state index contributed by atoms with van der Waals surface area (Å²) in [4.78, 5) is 14.0. The third kappa shape index (κ3) is 4.25. The third-order valence-corrected chi connectivity index (χ3v) is 4.24. The number of nitrogens with zero attached hydrogens (tertiary/aromatic N) is 1. The maximum Gasteiger partial charge on any atom is 0.238 e. The van der Waals surface area contributed by atoms with E-state index in [4.69, 9.17) is 9.47 Å². The number of carbonyl (C=O) groups is 1. The molecule has 2 saturated heterocycles. The Hall–Kier alpha value is -1.57. The molecule has 1 N–H and O–H groups in total. The molecule has 1 amide bonds. The largest absolute Gasteiger partial charge is 0.350 e. The number of hydrogen-bond acceptors (Lipinski definition) is 4. The fraction of sp³-hybridized carbons (Fsp3) is 0.562. The quantitative estimate of drug-likeness (QED) is 0.919. The van der Waals surface area contributed by atoms with Crippen LogP contribution in [0.25, 0.3) is 0 Å². The minimum Gasteiger partial charge on any atom is -0.350 e. The highest BCUT2D eigenvalue weighted by atomic mass is 19.1. The molecular weight excluding hydrogens is 306 g/mol. The molecule has 2 fully saturated rings. The lowest BCUT2D eigenvalue weighted by molar-refractivity contribution is -0.119. The molecule has 3 rings (SSSR count).